The molecule has 2 amide bonds. The van der Waals surface area contributed by atoms with Crippen LogP contribution in [0.1, 0.15) is 18.4 Å². The lowest BCUT2D eigenvalue weighted by molar-refractivity contribution is -0.137. The standard InChI is InChI=1S/C21H20ClF3N4O3/c22-14-9-13(21(23,24)25)10-27-19(14)28-7-5-12(6-8-28)20(31)29-11-17(18(26)30)32-16-4-2-1-3-15(16)29/h1-4,9-10,12,17H,5-8,11H2,(H2,26,30)/t17-/m0/s1. The zero-order chi connectivity index (χ0) is 23.0. The number of nitrogens with two attached hydrogens (primary N) is 1. The van der Waals surface area contributed by atoms with Crippen molar-refractivity contribution >= 4 is 34.9 Å². The highest BCUT2D eigenvalue weighted by atomic mass is 35.5. The van der Waals surface area contributed by atoms with Gasteiger partial charge in [-0.15, -0.1) is 0 Å². The van der Waals surface area contributed by atoms with Gasteiger partial charge in [0.2, 0.25) is 5.91 Å². The predicted molar refractivity (Wildman–Crippen MR) is 112 cm³/mol. The molecule has 0 radical (unpaired) electrons. The molecule has 11 heteroatoms. The summed E-state index contributed by atoms with van der Waals surface area (Å²) in [6.07, 6.45) is -3.79. The van der Waals surface area contributed by atoms with E-state index in [1.54, 1.807) is 29.2 Å². The lowest BCUT2D eigenvalue weighted by atomic mass is 9.94. The molecule has 2 N–H and O–H groups in total. The number of anilines is 2. The first-order valence-electron chi connectivity index (χ1n) is 9.99. The largest absolute Gasteiger partial charge is 0.477 e. The van der Waals surface area contributed by atoms with Gasteiger partial charge in [-0.25, -0.2) is 4.98 Å². The summed E-state index contributed by atoms with van der Waals surface area (Å²) in [5.41, 5.74) is 5.06. The Morgan fingerprint density at radius 3 is 2.50 bits per heavy atom. The van der Waals surface area contributed by atoms with E-state index in [0.29, 0.717) is 37.4 Å². The molecule has 4 rings (SSSR count). The van der Waals surface area contributed by atoms with Gasteiger partial charge in [0.05, 0.1) is 22.8 Å². The first kappa shape index (κ1) is 22.2. The number of nitrogens with zero attached hydrogens (tertiary/aromatic N) is 3. The number of alkyl halides is 3. The maximum atomic E-state index is 13.3. The highest BCUT2D eigenvalue weighted by Crippen LogP contribution is 2.37. The van der Waals surface area contributed by atoms with Crippen LogP contribution >= 0.6 is 11.6 Å². The van der Waals surface area contributed by atoms with Crippen molar-refractivity contribution in [3.63, 3.8) is 0 Å². The maximum Gasteiger partial charge on any atom is 0.417 e. The second-order valence-corrected chi connectivity index (χ2v) is 8.12. The number of rotatable bonds is 3. The Labute approximate surface area is 186 Å². The summed E-state index contributed by atoms with van der Waals surface area (Å²) in [6, 6.07) is 7.78. The molecule has 170 valence electrons. The van der Waals surface area contributed by atoms with Gasteiger partial charge in [0, 0.05) is 25.2 Å². The molecule has 1 fully saturated rings. The van der Waals surface area contributed by atoms with Crippen LogP contribution in [0.3, 0.4) is 0 Å². The third kappa shape index (κ3) is 4.32. The topological polar surface area (TPSA) is 88.8 Å². The molecule has 0 aliphatic carbocycles. The Balaban J connectivity index is 1.47. The van der Waals surface area contributed by atoms with E-state index in [-0.39, 0.29) is 29.2 Å². The van der Waals surface area contributed by atoms with Gasteiger partial charge in [-0.1, -0.05) is 23.7 Å². The van der Waals surface area contributed by atoms with E-state index in [9.17, 15) is 22.8 Å². The van der Waals surface area contributed by atoms with E-state index in [2.05, 4.69) is 4.98 Å². The van der Waals surface area contributed by atoms with Crippen LogP contribution in [0.2, 0.25) is 5.02 Å². The van der Waals surface area contributed by atoms with Crippen molar-refractivity contribution in [1.29, 1.82) is 0 Å². The Morgan fingerprint density at radius 1 is 1.19 bits per heavy atom. The first-order chi connectivity index (χ1) is 15.1. The molecule has 0 bridgehead atoms. The van der Waals surface area contributed by atoms with E-state index < -0.39 is 23.8 Å². The minimum absolute atomic E-state index is 0.0255. The summed E-state index contributed by atoms with van der Waals surface area (Å²) in [6.45, 7) is 0.830. The van der Waals surface area contributed by atoms with Gasteiger partial charge in [-0.05, 0) is 31.0 Å². The Hall–Kier alpha value is -3.01. The number of para-hydroxylation sites is 2. The molecule has 2 aliphatic heterocycles. The van der Waals surface area contributed by atoms with Crippen LogP contribution in [0, 0.1) is 5.92 Å². The molecule has 2 aliphatic rings. The average Bonchev–Trinajstić information content (AvgIpc) is 2.77. The minimum Gasteiger partial charge on any atom is -0.477 e. The number of fused-ring (bicyclic) bond motifs is 1. The van der Waals surface area contributed by atoms with Gasteiger partial charge in [-0.3, -0.25) is 9.59 Å². The lowest BCUT2D eigenvalue weighted by Crippen LogP contribution is -2.52. The van der Waals surface area contributed by atoms with Crippen LogP contribution in [0.5, 0.6) is 5.75 Å². The normalized spacial score (nSPS) is 19.3. The summed E-state index contributed by atoms with van der Waals surface area (Å²) >= 11 is 6.05. The molecule has 1 atom stereocenters. The maximum absolute atomic E-state index is 13.3. The van der Waals surface area contributed by atoms with Crippen LogP contribution in [0.25, 0.3) is 0 Å². The fourth-order valence-electron chi connectivity index (χ4n) is 3.97. The highest BCUT2D eigenvalue weighted by Gasteiger charge is 2.37. The summed E-state index contributed by atoms with van der Waals surface area (Å²) in [5.74, 6) is -0.474. The Bertz CT molecular complexity index is 1040. The predicted octanol–water partition coefficient (Wildman–Crippen LogP) is 3.25. The van der Waals surface area contributed by atoms with Gasteiger partial charge in [0.1, 0.15) is 11.6 Å². The highest BCUT2D eigenvalue weighted by molar-refractivity contribution is 6.33. The Kier molecular flexibility index (Phi) is 5.89. The number of amides is 2. The van der Waals surface area contributed by atoms with Gasteiger partial charge >= 0.3 is 6.18 Å². The number of hydrogen-bond acceptors (Lipinski definition) is 5. The van der Waals surface area contributed by atoms with Crippen molar-refractivity contribution in [2.45, 2.75) is 25.1 Å². The van der Waals surface area contributed by atoms with Crippen molar-refractivity contribution in [3.05, 3.63) is 47.1 Å². The number of aromatic nitrogens is 1. The van der Waals surface area contributed by atoms with Crippen molar-refractivity contribution in [2.24, 2.45) is 11.7 Å². The number of hydrogen-bond donors (Lipinski definition) is 1. The zero-order valence-electron chi connectivity index (χ0n) is 16.8. The number of benzene rings is 1. The van der Waals surface area contributed by atoms with Crippen molar-refractivity contribution in [2.75, 3.05) is 29.4 Å². The van der Waals surface area contributed by atoms with Crippen molar-refractivity contribution in [3.8, 4) is 5.75 Å². The molecular formula is C21H20ClF3N4O3. The summed E-state index contributed by atoms with van der Waals surface area (Å²) in [7, 11) is 0. The summed E-state index contributed by atoms with van der Waals surface area (Å²) in [5, 5.41) is -0.0870. The fourth-order valence-corrected chi connectivity index (χ4v) is 4.25. The molecule has 0 spiro atoms. The van der Waals surface area contributed by atoms with Crippen molar-refractivity contribution < 1.29 is 27.5 Å². The number of primary amides is 1. The molecule has 0 saturated carbocycles. The van der Waals surface area contributed by atoms with Gasteiger partial charge < -0.3 is 20.3 Å². The molecule has 7 nitrogen and oxygen atoms in total. The number of piperidine rings is 1. The third-order valence-corrected chi connectivity index (χ3v) is 5.93. The van der Waals surface area contributed by atoms with E-state index >= 15 is 0 Å². The SMILES string of the molecule is NC(=O)[C@@H]1CN(C(=O)C2CCN(c3ncc(C(F)(F)F)cc3Cl)CC2)c2ccccc2O1. The molecular weight excluding hydrogens is 449 g/mol. The third-order valence-electron chi connectivity index (χ3n) is 5.65. The average molecular weight is 469 g/mol. The number of carbonyl (C=O) groups excluding carboxylic acids is 2. The number of ether oxygens (including phenoxy) is 1. The molecule has 1 aromatic carbocycles. The number of pyridine rings is 1. The minimum atomic E-state index is -4.52. The van der Waals surface area contributed by atoms with Gasteiger partial charge in [0.25, 0.3) is 5.91 Å². The summed E-state index contributed by atoms with van der Waals surface area (Å²) in [4.78, 5) is 32.2. The van der Waals surface area contributed by atoms with E-state index in [1.165, 1.54) is 4.90 Å². The van der Waals surface area contributed by atoms with E-state index in [1.807, 2.05) is 0 Å². The molecule has 1 saturated heterocycles. The van der Waals surface area contributed by atoms with Crippen molar-refractivity contribution in [1.82, 2.24) is 4.98 Å². The van der Waals surface area contributed by atoms with E-state index in [4.69, 9.17) is 22.1 Å². The fraction of sp³-hybridized carbons (Fsp3) is 0.381. The van der Waals surface area contributed by atoms with Crippen LogP contribution in [0.15, 0.2) is 36.5 Å². The van der Waals surface area contributed by atoms with Crippen LogP contribution < -0.4 is 20.3 Å². The van der Waals surface area contributed by atoms with Crippen LogP contribution in [0.4, 0.5) is 24.7 Å². The molecule has 2 aromatic rings. The molecule has 32 heavy (non-hydrogen) atoms. The van der Waals surface area contributed by atoms with E-state index in [0.717, 1.165) is 12.3 Å². The van der Waals surface area contributed by atoms with Crippen LogP contribution in [-0.2, 0) is 15.8 Å². The zero-order valence-corrected chi connectivity index (χ0v) is 17.6. The van der Waals surface area contributed by atoms with Crippen LogP contribution in [-0.4, -0.2) is 42.5 Å². The first-order valence-corrected chi connectivity index (χ1v) is 10.4. The second kappa shape index (κ2) is 8.50. The summed E-state index contributed by atoms with van der Waals surface area (Å²) < 4.78 is 44.2. The monoisotopic (exact) mass is 468 g/mol. The molecule has 1 aromatic heterocycles. The lowest BCUT2D eigenvalue weighted by Gasteiger charge is -2.38. The number of halogens is 4. The molecule has 3 heterocycles. The second-order valence-electron chi connectivity index (χ2n) is 7.71. The Morgan fingerprint density at radius 2 is 1.88 bits per heavy atom. The smallest absolute Gasteiger partial charge is 0.417 e. The quantitative estimate of drug-likeness (QED) is 0.747. The number of carbonyl (C=O) groups is 2. The van der Waals surface area contributed by atoms with Gasteiger partial charge in [0.15, 0.2) is 6.10 Å². The van der Waals surface area contributed by atoms with Gasteiger partial charge in [-0.2, -0.15) is 13.2 Å². The molecule has 0 unspecified atom stereocenters.